The van der Waals surface area contributed by atoms with Crippen molar-refractivity contribution < 1.29 is 14.3 Å². The molecule has 0 bridgehead atoms. The summed E-state index contributed by atoms with van der Waals surface area (Å²) in [6.07, 6.45) is 4.85. The molecule has 2 amide bonds. The number of aryl methyl sites for hydroxylation is 2. The molecule has 5 nitrogen and oxygen atoms in total. The molecule has 0 saturated carbocycles. The summed E-state index contributed by atoms with van der Waals surface area (Å²) in [5.74, 6) is -0.264. The number of rotatable bonds is 7. The highest BCUT2D eigenvalue weighted by Crippen LogP contribution is 2.38. The third-order valence-electron chi connectivity index (χ3n) is 5.29. The zero-order chi connectivity index (χ0) is 20.1. The number of thiophene rings is 1. The zero-order valence-electron chi connectivity index (χ0n) is 16.8. The normalized spacial score (nSPS) is 13.1. The fourth-order valence-electron chi connectivity index (χ4n) is 3.57. The number of methoxy groups -OCH3 is 1. The van der Waals surface area contributed by atoms with E-state index in [1.165, 1.54) is 4.88 Å². The van der Waals surface area contributed by atoms with Gasteiger partial charge in [0.05, 0.1) is 5.56 Å². The Morgan fingerprint density at radius 3 is 2.71 bits per heavy atom. The van der Waals surface area contributed by atoms with Crippen LogP contribution in [0.25, 0.3) is 0 Å². The first-order valence-electron chi connectivity index (χ1n) is 9.82. The molecule has 1 aliphatic carbocycles. The lowest BCUT2D eigenvalue weighted by atomic mass is 9.95. The van der Waals surface area contributed by atoms with Gasteiger partial charge in [0.1, 0.15) is 5.00 Å². The van der Waals surface area contributed by atoms with Gasteiger partial charge in [0.15, 0.2) is 0 Å². The Kier molecular flexibility index (Phi) is 6.86. The molecule has 1 aromatic carbocycles. The molecule has 1 heterocycles. The van der Waals surface area contributed by atoms with Gasteiger partial charge in [-0.15, -0.1) is 11.3 Å². The highest BCUT2D eigenvalue weighted by molar-refractivity contribution is 7.17. The monoisotopic (exact) mass is 400 g/mol. The Hall–Kier alpha value is -2.18. The van der Waals surface area contributed by atoms with Gasteiger partial charge in [-0.2, -0.15) is 0 Å². The maximum atomic E-state index is 12.9. The summed E-state index contributed by atoms with van der Waals surface area (Å²) < 4.78 is 5.04. The third-order valence-corrected chi connectivity index (χ3v) is 6.49. The molecule has 0 radical (unpaired) electrons. The number of benzene rings is 1. The summed E-state index contributed by atoms with van der Waals surface area (Å²) in [7, 11) is 1.65. The van der Waals surface area contributed by atoms with E-state index < -0.39 is 0 Å². The summed E-state index contributed by atoms with van der Waals surface area (Å²) >= 11 is 1.55. The van der Waals surface area contributed by atoms with E-state index in [9.17, 15) is 9.59 Å². The van der Waals surface area contributed by atoms with Crippen molar-refractivity contribution in [1.29, 1.82) is 0 Å². The molecule has 6 heteroatoms. The van der Waals surface area contributed by atoms with Gasteiger partial charge in [0.25, 0.3) is 11.8 Å². The fraction of sp³-hybridized carbons (Fsp3) is 0.455. The highest BCUT2D eigenvalue weighted by Gasteiger charge is 2.26. The number of carbonyl (C=O) groups is 2. The van der Waals surface area contributed by atoms with Gasteiger partial charge in [0, 0.05) is 30.7 Å². The predicted octanol–water partition coefficient (Wildman–Crippen LogP) is 4.26. The van der Waals surface area contributed by atoms with E-state index >= 15 is 0 Å². The lowest BCUT2D eigenvalue weighted by Crippen LogP contribution is -2.27. The Morgan fingerprint density at radius 2 is 1.93 bits per heavy atom. The average Bonchev–Trinajstić information content (AvgIpc) is 3.05. The molecule has 1 aliphatic rings. The second-order valence-electron chi connectivity index (χ2n) is 7.22. The van der Waals surface area contributed by atoms with Crippen molar-refractivity contribution in [3.63, 3.8) is 0 Å². The van der Waals surface area contributed by atoms with Crippen LogP contribution < -0.4 is 10.6 Å². The lowest BCUT2D eigenvalue weighted by Gasteiger charge is -2.13. The topological polar surface area (TPSA) is 67.4 Å². The van der Waals surface area contributed by atoms with Gasteiger partial charge in [0.2, 0.25) is 0 Å². The van der Waals surface area contributed by atoms with E-state index in [2.05, 4.69) is 10.6 Å². The molecule has 2 N–H and O–H groups in total. The van der Waals surface area contributed by atoms with Crippen LogP contribution in [0.5, 0.6) is 0 Å². The number of ether oxygens (including phenoxy) is 1. The molecule has 0 fully saturated rings. The maximum absolute atomic E-state index is 12.9. The zero-order valence-corrected chi connectivity index (χ0v) is 17.6. The minimum Gasteiger partial charge on any atom is -0.385 e. The van der Waals surface area contributed by atoms with E-state index in [0.717, 1.165) is 48.8 Å². The lowest BCUT2D eigenvalue weighted by molar-refractivity contribution is 0.0948. The number of fused-ring (bicyclic) bond motifs is 1. The predicted molar refractivity (Wildman–Crippen MR) is 114 cm³/mol. The fourth-order valence-corrected chi connectivity index (χ4v) is 4.85. The molecule has 2 aromatic rings. The van der Waals surface area contributed by atoms with Gasteiger partial charge in [-0.25, -0.2) is 0 Å². The van der Waals surface area contributed by atoms with E-state index in [1.54, 1.807) is 18.4 Å². The van der Waals surface area contributed by atoms with Crippen LogP contribution in [0.2, 0.25) is 0 Å². The smallest absolute Gasteiger partial charge is 0.256 e. The van der Waals surface area contributed by atoms with Crippen molar-refractivity contribution >= 4 is 28.2 Å². The summed E-state index contributed by atoms with van der Waals surface area (Å²) in [6.45, 7) is 5.11. The van der Waals surface area contributed by atoms with Gasteiger partial charge in [-0.1, -0.05) is 12.1 Å². The van der Waals surface area contributed by atoms with Crippen LogP contribution in [-0.2, 0) is 17.6 Å². The number of carbonyl (C=O) groups excluding carboxylic acids is 2. The van der Waals surface area contributed by atoms with Crippen molar-refractivity contribution in [2.45, 2.75) is 46.0 Å². The van der Waals surface area contributed by atoms with Crippen LogP contribution in [0.1, 0.15) is 61.5 Å². The molecule has 150 valence electrons. The van der Waals surface area contributed by atoms with Crippen molar-refractivity contribution in [2.24, 2.45) is 0 Å². The molecule has 0 unspecified atom stereocenters. The number of amides is 2. The second kappa shape index (κ2) is 9.34. The quantitative estimate of drug-likeness (QED) is 0.683. The molecular formula is C22H28N2O3S. The van der Waals surface area contributed by atoms with Gasteiger partial charge in [-0.3, -0.25) is 9.59 Å². The van der Waals surface area contributed by atoms with Crippen molar-refractivity contribution in [3.05, 3.63) is 50.9 Å². The Bertz CT molecular complexity index is 873. The van der Waals surface area contributed by atoms with Crippen LogP contribution >= 0.6 is 11.3 Å². The SMILES string of the molecule is COCCCNC(=O)c1c(NC(=O)c2cccc(C)c2C)sc2c1CCCC2. The maximum Gasteiger partial charge on any atom is 0.256 e. The van der Waals surface area contributed by atoms with Gasteiger partial charge in [-0.05, 0) is 68.7 Å². The summed E-state index contributed by atoms with van der Waals surface area (Å²) in [5.41, 5.74) is 4.45. The standard InChI is InChI=1S/C22H28N2O3S/c1-14-8-6-10-16(15(14)2)20(25)24-22-19(21(26)23-12-7-13-27-3)17-9-4-5-11-18(17)28-22/h6,8,10H,4-5,7,9,11-13H2,1-3H3,(H,23,26)(H,24,25). The Morgan fingerprint density at radius 1 is 1.14 bits per heavy atom. The molecule has 0 saturated heterocycles. The van der Waals surface area contributed by atoms with Crippen LogP contribution in [0, 0.1) is 13.8 Å². The first-order chi connectivity index (χ1) is 13.5. The second-order valence-corrected chi connectivity index (χ2v) is 8.32. The number of nitrogens with one attached hydrogen (secondary N) is 2. The summed E-state index contributed by atoms with van der Waals surface area (Å²) in [6, 6.07) is 5.71. The van der Waals surface area contributed by atoms with Gasteiger partial charge < -0.3 is 15.4 Å². The van der Waals surface area contributed by atoms with Crippen molar-refractivity contribution in [3.8, 4) is 0 Å². The first kappa shape index (κ1) is 20.6. The largest absolute Gasteiger partial charge is 0.385 e. The molecule has 0 atom stereocenters. The third kappa shape index (κ3) is 4.45. The van der Waals surface area contributed by atoms with E-state index in [4.69, 9.17) is 4.74 Å². The first-order valence-corrected chi connectivity index (χ1v) is 10.6. The Labute approximate surface area is 170 Å². The Balaban J connectivity index is 1.85. The molecule has 28 heavy (non-hydrogen) atoms. The minimum atomic E-state index is -0.159. The number of hydrogen-bond acceptors (Lipinski definition) is 4. The molecule has 0 aliphatic heterocycles. The van der Waals surface area contributed by atoms with E-state index in [0.29, 0.717) is 29.3 Å². The van der Waals surface area contributed by atoms with E-state index in [1.807, 2.05) is 32.0 Å². The average molecular weight is 401 g/mol. The number of anilines is 1. The molecule has 3 rings (SSSR count). The summed E-state index contributed by atoms with van der Waals surface area (Å²) in [4.78, 5) is 27.1. The van der Waals surface area contributed by atoms with Crippen LogP contribution in [0.3, 0.4) is 0 Å². The molecule has 0 spiro atoms. The van der Waals surface area contributed by atoms with Crippen LogP contribution in [0.15, 0.2) is 18.2 Å². The van der Waals surface area contributed by atoms with Crippen LogP contribution in [-0.4, -0.2) is 32.1 Å². The van der Waals surface area contributed by atoms with Crippen molar-refractivity contribution in [1.82, 2.24) is 5.32 Å². The molecular weight excluding hydrogens is 372 g/mol. The highest BCUT2D eigenvalue weighted by atomic mass is 32.1. The van der Waals surface area contributed by atoms with Gasteiger partial charge >= 0.3 is 0 Å². The van der Waals surface area contributed by atoms with E-state index in [-0.39, 0.29) is 11.8 Å². The minimum absolute atomic E-state index is 0.105. The van der Waals surface area contributed by atoms with Crippen LogP contribution in [0.4, 0.5) is 5.00 Å². The number of hydrogen-bond donors (Lipinski definition) is 2. The summed E-state index contributed by atoms with van der Waals surface area (Å²) in [5, 5.41) is 6.68. The van der Waals surface area contributed by atoms with Crippen molar-refractivity contribution in [2.75, 3.05) is 25.6 Å². The molecule has 1 aromatic heterocycles.